The lowest BCUT2D eigenvalue weighted by Crippen LogP contribution is -2.38. The van der Waals surface area contributed by atoms with E-state index in [1.807, 2.05) is 67.6 Å². The van der Waals surface area contributed by atoms with Crippen molar-refractivity contribution in [2.75, 3.05) is 23.3 Å². The zero-order chi connectivity index (χ0) is 25.5. The molecule has 0 aliphatic rings. The zero-order valence-electron chi connectivity index (χ0n) is 19.9. The highest BCUT2D eigenvalue weighted by Crippen LogP contribution is 2.33. The molecule has 0 saturated heterocycles. The van der Waals surface area contributed by atoms with Crippen molar-refractivity contribution in [1.82, 2.24) is 0 Å². The lowest BCUT2D eigenvalue weighted by molar-refractivity contribution is -0.114. The van der Waals surface area contributed by atoms with Crippen molar-refractivity contribution in [3.8, 4) is 5.75 Å². The molecular formula is C28H26N2O4S2. The van der Waals surface area contributed by atoms with Crippen LogP contribution in [0.15, 0.2) is 118 Å². The molecule has 0 radical (unpaired) electrons. The molecule has 0 fully saturated rings. The number of aryl methyl sites for hydroxylation is 1. The Balaban J connectivity index is 1.61. The number of para-hydroxylation sites is 1. The quantitative estimate of drug-likeness (QED) is 0.295. The summed E-state index contributed by atoms with van der Waals surface area (Å²) in [7, 11) is -2.51. The molecule has 1 amide bonds. The maximum Gasteiger partial charge on any atom is 0.264 e. The third-order valence-corrected chi connectivity index (χ3v) is 8.26. The van der Waals surface area contributed by atoms with E-state index in [0.29, 0.717) is 17.1 Å². The lowest BCUT2D eigenvalue weighted by atomic mass is 10.2. The number of methoxy groups -OCH3 is 1. The number of hydrogen-bond acceptors (Lipinski definition) is 5. The van der Waals surface area contributed by atoms with Gasteiger partial charge in [-0.3, -0.25) is 9.10 Å². The van der Waals surface area contributed by atoms with Gasteiger partial charge in [-0.05, 0) is 67.6 Å². The monoisotopic (exact) mass is 518 g/mol. The average Bonchev–Trinajstić information content (AvgIpc) is 2.89. The van der Waals surface area contributed by atoms with Gasteiger partial charge in [0.05, 0.1) is 23.4 Å². The lowest BCUT2D eigenvalue weighted by Gasteiger charge is -2.24. The second-order valence-electron chi connectivity index (χ2n) is 7.98. The number of sulfonamides is 1. The van der Waals surface area contributed by atoms with Crippen LogP contribution in [0.2, 0.25) is 0 Å². The molecule has 0 atom stereocenters. The van der Waals surface area contributed by atoms with Crippen LogP contribution in [0, 0.1) is 6.92 Å². The van der Waals surface area contributed by atoms with Crippen molar-refractivity contribution in [1.29, 1.82) is 0 Å². The van der Waals surface area contributed by atoms with E-state index in [9.17, 15) is 13.2 Å². The van der Waals surface area contributed by atoms with Crippen LogP contribution in [0.25, 0.3) is 0 Å². The molecule has 4 aromatic carbocycles. The molecule has 184 valence electrons. The van der Waals surface area contributed by atoms with Gasteiger partial charge in [0.1, 0.15) is 12.3 Å². The first kappa shape index (κ1) is 25.3. The maximum absolute atomic E-state index is 13.6. The fourth-order valence-electron chi connectivity index (χ4n) is 3.50. The molecule has 0 bridgehead atoms. The van der Waals surface area contributed by atoms with E-state index >= 15 is 0 Å². The molecule has 0 saturated carbocycles. The van der Waals surface area contributed by atoms with E-state index in [0.717, 1.165) is 19.7 Å². The Morgan fingerprint density at radius 3 is 2.17 bits per heavy atom. The highest BCUT2D eigenvalue weighted by molar-refractivity contribution is 7.99. The molecule has 36 heavy (non-hydrogen) atoms. The Hall–Kier alpha value is -3.75. The first-order valence-electron chi connectivity index (χ1n) is 11.2. The van der Waals surface area contributed by atoms with Crippen LogP contribution in [0.1, 0.15) is 5.56 Å². The highest BCUT2D eigenvalue weighted by atomic mass is 32.2. The molecule has 0 spiro atoms. The molecule has 4 aromatic rings. The normalized spacial score (nSPS) is 11.1. The van der Waals surface area contributed by atoms with Crippen molar-refractivity contribution < 1.29 is 17.9 Å². The highest BCUT2D eigenvalue weighted by Gasteiger charge is 2.27. The van der Waals surface area contributed by atoms with Crippen molar-refractivity contribution in [3.63, 3.8) is 0 Å². The summed E-state index contributed by atoms with van der Waals surface area (Å²) in [5.74, 6) is 0.0925. The van der Waals surface area contributed by atoms with Gasteiger partial charge < -0.3 is 10.1 Å². The SMILES string of the molecule is COc1ccc(S(=O)(=O)N(CC(=O)Nc2ccccc2Sc2ccccc2)c2ccc(C)cc2)cc1. The van der Waals surface area contributed by atoms with Crippen LogP contribution < -0.4 is 14.4 Å². The minimum atomic E-state index is -4.03. The Morgan fingerprint density at radius 2 is 1.50 bits per heavy atom. The number of nitrogens with zero attached hydrogens (tertiary/aromatic N) is 1. The van der Waals surface area contributed by atoms with E-state index in [-0.39, 0.29) is 11.4 Å². The third kappa shape index (κ3) is 6.08. The van der Waals surface area contributed by atoms with Crippen LogP contribution in [0.3, 0.4) is 0 Å². The fraction of sp³-hybridized carbons (Fsp3) is 0.107. The number of ether oxygens (including phenoxy) is 1. The number of amides is 1. The van der Waals surface area contributed by atoms with E-state index in [4.69, 9.17) is 4.74 Å². The predicted octanol–water partition coefficient (Wildman–Crippen LogP) is 5.99. The second-order valence-corrected chi connectivity index (χ2v) is 11.0. The molecule has 0 aliphatic carbocycles. The zero-order valence-corrected chi connectivity index (χ0v) is 21.6. The molecule has 6 nitrogen and oxygen atoms in total. The largest absolute Gasteiger partial charge is 0.497 e. The van der Waals surface area contributed by atoms with Gasteiger partial charge in [0, 0.05) is 9.79 Å². The van der Waals surface area contributed by atoms with Gasteiger partial charge in [0.15, 0.2) is 0 Å². The Morgan fingerprint density at radius 1 is 0.861 bits per heavy atom. The Kier molecular flexibility index (Phi) is 7.97. The average molecular weight is 519 g/mol. The molecule has 0 unspecified atom stereocenters. The van der Waals surface area contributed by atoms with Crippen molar-refractivity contribution in [3.05, 3.63) is 109 Å². The molecular weight excluding hydrogens is 492 g/mol. The number of benzene rings is 4. The van der Waals surface area contributed by atoms with Gasteiger partial charge in [0.25, 0.3) is 10.0 Å². The number of hydrogen-bond donors (Lipinski definition) is 1. The minimum absolute atomic E-state index is 0.0664. The molecule has 4 rings (SSSR count). The van der Waals surface area contributed by atoms with Crippen LogP contribution in [-0.4, -0.2) is 28.0 Å². The standard InChI is InChI=1S/C28H26N2O4S2/c1-21-12-14-22(15-13-21)30(36(32,33)25-18-16-23(34-2)17-19-25)20-28(31)29-26-10-6-7-11-27(26)35-24-8-4-3-5-9-24/h3-19H,20H2,1-2H3,(H,29,31). The first-order valence-corrected chi connectivity index (χ1v) is 13.5. The number of carbonyl (C=O) groups is 1. The van der Waals surface area contributed by atoms with E-state index < -0.39 is 15.9 Å². The number of carbonyl (C=O) groups excluding carboxylic acids is 1. The van der Waals surface area contributed by atoms with Gasteiger partial charge in [0.2, 0.25) is 5.91 Å². The van der Waals surface area contributed by atoms with Gasteiger partial charge in [-0.2, -0.15) is 0 Å². The van der Waals surface area contributed by atoms with E-state index in [1.165, 1.54) is 31.0 Å². The number of anilines is 2. The van der Waals surface area contributed by atoms with Gasteiger partial charge in [-0.1, -0.05) is 59.8 Å². The predicted molar refractivity (Wildman–Crippen MR) is 144 cm³/mol. The van der Waals surface area contributed by atoms with Gasteiger partial charge >= 0.3 is 0 Å². The van der Waals surface area contributed by atoms with Crippen LogP contribution in [-0.2, 0) is 14.8 Å². The molecule has 0 aromatic heterocycles. The minimum Gasteiger partial charge on any atom is -0.497 e. The summed E-state index contributed by atoms with van der Waals surface area (Å²) in [5.41, 5.74) is 2.00. The topological polar surface area (TPSA) is 75.7 Å². The van der Waals surface area contributed by atoms with Gasteiger partial charge in [-0.25, -0.2) is 8.42 Å². The maximum atomic E-state index is 13.6. The summed E-state index contributed by atoms with van der Waals surface area (Å²) in [6, 6.07) is 30.4. The molecule has 1 N–H and O–H groups in total. The summed E-state index contributed by atoms with van der Waals surface area (Å²) in [6.07, 6.45) is 0. The van der Waals surface area contributed by atoms with Crippen LogP contribution in [0.4, 0.5) is 11.4 Å². The first-order chi connectivity index (χ1) is 17.4. The summed E-state index contributed by atoms with van der Waals surface area (Å²) >= 11 is 1.52. The smallest absolute Gasteiger partial charge is 0.264 e. The summed E-state index contributed by atoms with van der Waals surface area (Å²) in [5, 5.41) is 2.90. The Bertz CT molecular complexity index is 1420. The molecule has 8 heteroatoms. The summed E-state index contributed by atoms with van der Waals surface area (Å²) < 4.78 is 33.5. The third-order valence-electron chi connectivity index (χ3n) is 5.39. The fourth-order valence-corrected chi connectivity index (χ4v) is 5.84. The Labute approximate surface area is 216 Å². The molecule has 0 heterocycles. The van der Waals surface area contributed by atoms with Gasteiger partial charge in [-0.15, -0.1) is 0 Å². The van der Waals surface area contributed by atoms with E-state index in [1.54, 1.807) is 30.3 Å². The van der Waals surface area contributed by atoms with Crippen molar-refractivity contribution in [2.45, 2.75) is 21.6 Å². The van der Waals surface area contributed by atoms with Crippen molar-refractivity contribution in [2.24, 2.45) is 0 Å². The van der Waals surface area contributed by atoms with E-state index in [2.05, 4.69) is 5.32 Å². The van der Waals surface area contributed by atoms with Crippen LogP contribution in [0.5, 0.6) is 5.75 Å². The number of nitrogens with one attached hydrogen (secondary N) is 1. The number of rotatable bonds is 9. The van der Waals surface area contributed by atoms with Crippen molar-refractivity contribution >= 4 is 39.1 Å². The summed E-state index contributed by atoms with van der Waals surface area (Å²) in [4.78, 5) is 15.2. The molecule has 0 aliphatic heterocycles. The summed E-state index contributed by atoms with van der Waals surface area (Å²) in [6.45, 7) is 1.53. The van der Waals surface area contributed by atoms with Crippen LogP contribution >= 0.6 is 11.8 Å². The second kappa shape index (κ2) is 11.3.